The number of aromatic nitrogens is 1. The molecule has 1 N–H and O–H groups in total. The predicted molar refractivity (Wildman–Crippen MR) is 158 cm³/mol. The van der Waals surface area contributed by atoms with Crippen LogP contribution in [0.15, 0.2) is 97.2 Å². The van der Waals surface area contributed by atoms with Crippen molar-refractivity contribution in [3.05, 3.63) is 131 Å². The Hall–Kier alpha value is -4.42. The fourth-order valence-electron chi connectivity index (χ4n) is 4.49. The highest BCUT2D eigenvalue weighted by atomic mass is 16.5. The Morgan fingerprint density at radius 1 is 0.925 bits per heavy atom. The number of rotatable bonds is 12. The summed E-state index contributed by atoms with van der Waals surface area (Å²) in [5.74, 6) is -0.114. The quantitative estimate of drug-likeness (QED) is 0.206. The molecule has 6 heteroatoms. The zero-order valence-corrected chi connectivity index (χ0v) is 23.5. The standard InChI is InChI=1S/C34H36N2O4/c1-25-12-16-29(17-13-25)32(37)31-11-7-21-35(31)20-6-10-26-8-5-9-28(22-26)24-36(34(2,3)33(38)39)23-27-14-18-30(40-4)19-15-27/h5-19,21-22H,20,23-24H2,1-4H3,(H,38,39)/b10-6+. The lowest BCUT2D eigenvalue weighted by atomic mass is 9.99. The fourth-order valence-corrected chi connectivity index (χ4v) is 4.49. The molecule has 0 spiro atoms. The van der Waals surface area contributed by atoms with Crippen LogP contribution in [0.25, 0.3) is 6.08 Å². The third kappa shape index (κ3) is 6.96. The number of ketones is 1. The van der Waals surface area contributed by atoms with Crippen LogP contribution < -0.4 is 4.74 Å². The van der Waals surface area contributed by atoms with Gasteiger partial charge in [-0.15, -0.1) is 0 Å². The average molecular weight is 537 g/mol. The van der Waals surface area contributed by atoms with Gasteiger partial charge in [-0.05, 0) is 61.7 Å². The van der Waals surface area contributed by atoms with Gasteiger partial charge in [0.25, 0.3) is 0 Å². The number of nitrogens with zero attached hydrogens (tertiary/aromatic N) is 2. The lowest BCUT2D eigenvalue weighted by Crippen LogP contribution is -2.49. The third-order valence-corrected chi connectivity index (χ3v) is 7.16. The van der Waals surface area contributed by atoms with E-state index in [1.165, 1.54) is 0 Å². The van der Waals surface area contributed by atoms with E-state index in [0.29, 0.717) is 30.9 Å². The number of hydrogen-bond donors (Lipinski definition) is 1. The molecule has 1 heterocycles. The molecule has 1 aromatic heterocycles. The molecule has 6 nitrogen and oxygen atoms in total. The van der Waals surface area contributed by atoms with Crippen LogP contribution in [0.2, 0.25) is 0 Å². The van der Waals surface area contributed by atoms with Gasteiger partial charge in [0.15, 0.2) is 0 Å². The van der Waals surface area contributed by atoms with Gasteiger partial charge >= 0.3 is 5.97 Å². The van der Waals surface area contributed by atoms with E-state index in [1.54, 1.807) is 21.0 Å². The zero-order chi connectivity index (χ0) is 28.7. The Balaban J connectivity index is 1.47. The van der Waals surface area contributed by atoms with Crippen LogP contribution in [-0.4, -0.2) is 39.0 Å². The highest BCUT2D eigenvalue weighted by Crippen LogP contribution is 2.24. The number of hydrogen-bond acceptors (Lipinski definition) is 4. The van der Waals surface area contributed by atoms with E-state index >= 15 is 0 Å². The normalized spacial score (nSPS) is 11.7. The number of ether oxygens (including phenoxy) is 1. The number of aryl methyl sites for hydroxylation is 1. The number of carbonyl (C=O) groups is 2. The van der Waals surface area contributed by atoms with Crippen LogP contribution in [0.4, 0.5) is 0 Å². The van der Waals surface area contributed by atoms with Crippen LogP contribution >= 0.6 is 0 Å². The summed E-state index contributed by atoms with van der Waals surface area (Å²) in [4.78, 5) is 27.1. The first-order valence-corrected chi connectivity index (χ1v) is 13.3. The van der Waals surface area contributed by atoms with Gasteiger partial charge in [0, 0.05) is 31.4 Å². The highest BCUT2D eigenvalue weighted by molar-refractivity contribution is 6.08. The highest BCUT2D eigenvalue weighted by Gasteiger charge is 2.34. The van der Waals surface area contributed by atoms with E-state index in [0.717, 1.165) is 28.0 Å². The van der Waals surface area contributed by atoms with Crippen molar-refractivity contribution in [1.29, 1.82) is 0 Å². The van der Waals surface area contributed by atoms with Crippen molar-refractivity contribution in [1.82, 2.24) is 9.47 Å². The Morgan fingerprint density at radius 2 is 1.62 bits per heavy atom. The van der Waals surface area contributed by atoms with Crippen molar-refractivity contribution in [2.45, 2.75) is 45.9 Å². The molecule has 0 radical (unpaired) electrons. The van der Waals surface area contributed by atoms with Crippen molar-refractivity contribution in [2.75, 3.05) is 7.11 Å². The second kappa shape index (κ2) is 12.6. The third-order valence-electron chi connectivity index (χ3n) is 7.16. The topological polar surface area (TPSA) is 71.8 Å². The Kier molecular flexibility index (Phi) is 9.02. The van der Waals surface area contributed by atoms with E-state index in [1.807, 2.05) is 114 Å². The summed E-state index contributed by atoms with van der Waals surface area (Å²) >= 11 is 0. The molecular formula is C34H36N2O4. The summed E-state index contributed by atoms with van der Waals surface area (Å²) in [6, 6.07) is 27.1. The lowest BCUT2D eigenvalue weighted by Gasteiger charge is -2.35. The molecule has 4 rings (SSSR count). The Bertz CT molecular complexity index is 1480. The van der Waals surface area contributed by atoms with Crippen molar-refractivity contribution < 1.29 is 19.4 Å². The Morgan fingerprint density at radius 3 is 2.30 bits per heavy atom. The van der Waals surface area contributed by atoms with Gasteiger partial charge in [0.05, 0.1) is 12.8 Å². The fraction of sp³-hybridized carbons (Fsp3) is 0.235. The number of carbonyl (C=O) groups excluding carboxylic acids is 1. The summed E-state index contributed by atoms with van der Waals surface area (Å²) in [6.45, 7) is 6.97. The van der Waals surface area contributed by atoms with Crippen LogP contribution in [0, 0.1) is 6.92 Å². The molecule has 40 heavy (non-hydrogen) atoms. The molecule has 4 aromatic rings. The minimum Gasteiger partial charge on any atom is -0.497 e. The van der Waals surface area contributed by atoms with Crippen molar-refractivity contribution >= 4 is 17.8 Å². The summed E-state index contributed by atoms with van der Waals surface area (Å²) in [5.41, 5.74) is 4.40. The summed E-state index contributed by atoms with van der Waals surface area (Å²) < 4.78 is 7.19. The first-order chi connectivity index (χ1) is 19.2. The smallest absolute Gasteiger partial charge is 0.323 e. The van der Waals surface area contributed by atoms with Gasteiger partial charge in [0.1, 0.15) is 11.3 Å². The monoisotopic (exact) mass is 536 g/mol. The van der Waals surface area contributed by atoms with Gasteiger partial charge in [-0.2, -0.15) is 0 Å². The van der Waals surface area contributed by atoms with Crippen LogP contribution in [0.3, 0.4) is 0 Å². The number of benzene rings is 3. The van der Waals surface area contributed by atoms with Crippen molar-refractivity contribution in [3.63, 3.8) is 0 Å². The molecule has 0 atom stereocenters. The molecule has 0 aliphatic rings. The molecule has 0 unspecified atom stereocenters. The van der Waals surface area contributed by atoms with E-state index < -0.39 is 11.5 Å². The minimum atomic E-state index is -1.07. The van der Waals surface area contributed by atoms with Crippen molar-refractivity contribution in [2.24, 2.45) is 0 Å². The average Bonchev–Trinajstić information content (AvgIpc) is 3.42. The maximum atomic E-state index is 13.0. The maximum Gasteiger partial charge on any atom is 0.323 e. The molecule has 206 valence electrons. The van der Waals surface area contributed by atoms with Gasteiger partial charge in [-0.25, -0.2) is 0 Å². The number of methoxy groups -OCH3 is 1. The number of carboxylic acids is 1. The molecule has 0 aliphatic heterocycles. The second-order valence-corrected chi connectivity index (χ2v) is 10.5. The number of aliphatic carboxylic acids is 1. The molecule has 3 aromatic carbocycles. The lowest BCUT2D eigenvalue weighted by molar-refractivity contribution is -0.150. The molecular weight excluding hydrogens is 500 g/mol. The number of carboxylic acid groups (broad SMARTS) is 1. The minimum absolute atomic E-state index is 0.00149. The molecule has 0 fully saturated rings. The molecule has 0 saturated carbocycles. The van der Waals surface area contributed by atoms with Gasteiger partial charge in [0.2, 0.25) is 5.78 Å². The van der Waals surface area contributed by atoms with Crippen LogP contribution in [0.1, 0.15) is 52.2 Å². The van der Waals surface area contributed by atoms with E-state index in [9.17, 15) is 14.7 Å². The predicted octanol–water partition coefficient (Wildman–Crippen LogP) is 6.61. The van der Waals surface area contributed by atoms with E-state index in [4.69, 9.17) is 4.74 Å². The molecule has 0 amide bonds. The summed E-state index contributed by atoms with van der Waals surface area (Å²) in [6.07, 6.45) is 5.97. The van der Waals surface area contributed by atoms with Crippen LogP contribution in [-0.2, 0) is 24.4 Å². The second-order valence-electron chi connectivity index (χ2n) is 10.5. The molecule has 0 aliphatic carbocycles. The first-order valence-electron chi connectivity index (χ1n) is 13.3. The van der Waals surface area contributed by atoms with Gasteiger partial charge in [-0.1, -0.05) is 78.4 Å². The summed E-state index contributed by atoms with van der Waals surface area (Å²) in [5, 5.41) is 9.96. The number of allylic oxidation sites excluding steroid dienone is 1. The van der Waals surface area contributed by atoms with Gasteiger partial charge < -0.3 is 14.4 Å². The SMILES string of the molecule is COc1ccc(CN(Cc2cccc(/C=C/Cn3cccc3C(=O)c3ccc(C)cc3)c2)C(C)(C)C(=O)O)cc1. The first kappa shape index (κ1) is 28.6. The maximum absolute atomic E-state index is 13.0. The molecule has 0 bridgehead atoms. The van der Waals surface area contributed by atoms with E-state index in [2.05, 4.69) is 6.07 Å². The van der Waals surface area contributed by atoms with E-state index in [-0.39, 0.29) is 5.78 Å². The van der Waals surface area contributed by atoms with Crippen LogP contribution in [0.5, 0.6) is 5.75 Å². The van der Waals surface area contributed by atoms with Gasteiger partial charge in [-0.3, -0.25) is 14.5 Å². The molecule has 0 saturated heterocycles. The van der Waals surface area contributed by atoms with Crippen molar-refractivity contribution in [3.8, 4) is 5.75 Å². The zero-order valence-electron chi connectivity index (χ0n) is 23.5. The largest absolute Gasteiger partial charge is 0.497 e. The Labute approximate surface area is 236 Å². The summed E-state index contributed by atoms with van der Waals surface area (Å²) in [7, 11) is 1.62.